The second-order valence-electron chi connectivity index (χ2n) is 17.8. The third-order valence-corrected chi connectivity index (χ3v) is 14.1. The van der Waals surface area contributed by atoms with Crippen LogP contribution in [0.25, 0.3) is 44.5 Å². The lowest BCUT2D eigenvalue weighted by atomic mass is 9.70. The van der Waals surface area contributed by atoms with Gasteiger partial charge in [-0.3, -0.25) is 0 Å². The van der Waals surface area contributed by atoms with Crippen molar-refractivity contribution in [1.82, 2.24) is 0 Å². The van der Waals surface area contributed by atoms with Crippen molar-refractivity contribution in [2.24, 2.45) is 0 Å². The zero-order valence-electron chi connectivity index (χ0n) is 45.3. The van der Waals surface area contributed by atoms with E-state index >= 15 is 0 Å². The molecule has 10 aromatic carbocycles. The first-order chi connectivity index (χ1) is 36.2. The highest BCUT2D eigenvalue weighted by Gasteiger charge is 2.52. The van der Waals surface area contributed by atoms with Gasteiger partial charge in [0.25, 0.3) is 0 Å². The van der Waals surface area contributed by atoms with Crippen molar-refractivity contribution in [2.75, 3.05) is 9.80 Å². The van der Waals surface area contributed by atoms with Gasteiger partial charge in [-0.15, -0.1) is 0 Å². The highest BCUT2D eigenvalue weighted by atomic mass is 15.1. The van der Waals surface area contributed by atoms with Crippen LogP contribution in [0.15, 0.2) is 242 Å². The van der Waals surface area contributed by atoms with Gasteiger partial charge in [-0.25, -0.2) is 0 Å². The lowest BCUT2D eigenvalue weighted by molar-refractivity contribution is 0.660. The molecular weight excluding hydrogens is 797 g/mol. The molecule has 1 atom stereocenters. The normalized spacial score (nSPS) is 17.2. The van der Waals surface area contributed by atoms with Crippen molar-refractivity contribution in [3.05, 3.63) is 276 Å². The third-order valence-electron chi connectivity index (χ3n) is 14.1. The van der Waals surface area contributed by atoms with Gasteiger partial charge in [-0.2, -0.15) is 0 Å². The first-order valence-corrected chi connectivity index (χ1v) is 22.4. The fraction of sp³-hybridized carbons (Fsp3) is 0.0625. The smallest absolute Gasteiger partial charge is 0.0727 e. The van der Waals surface area contributed by atoms with Crippen LogP contribution in [0.4, 0.5) is 34.1 Å². The first kappa shape index (κ1) is 30.0. The van der Waals surface area contributed by atoms with Crippen LogP contribution < -0.4 is 9.80 Å². The van der Waals surface area contributed by atoms with Gasteiger partial charge in [0.1, 0.15) is 0 Å². The largest absolute Gasteiger partial charge is 0.310 e. The Hall–Kier alpha value is -8.20. The minimum absolute atomic E-state index is 0.0480. The van der Waals surface area contributed by atoms with E-state index in [9.17, 15) is 6.85 Å². The van der Waals surface area contributed by atoms with Gasteiger partial charge < -0.3 is 9.80 Å². The maximum atomic E-state index is 9.91. The Morgan fingerprint density at radius 1 is 0.318 bits per heavy atom. The molecule has 0 heterocycles. The average molecular weight is 852 g/mol. The standard InChI is InChI=1S/C64H46N2/c1-63(2)56-30-16-12-27-50(56)53-37-35-47(40-59(53)63)66(62-33-19-15-26-49(62)43-20-6-3-7-21-43)48-36-39-55-52-29-14-18-32-58(52)64(61(55)42-48)57-31-17-13-28-51(57)54-38-34-46(41-60(54)64)65(44-22-8-4-9-23-44)45-24-10-5-11-25-45/h3-42H,1-2H3/i3D,6D,7D,15D,19D,20D,21D,26D,33D. The Morgan fingerprint density at radius 3 is 1.29 bits per heavy atom. The predicted octanol–water partition coefficient (Wildman–Crippen LogP) is 16.9. The molecule has 312 valence electrons. The van der Waals surface area contributed by atoms with E-state index in [1.165, 1.54) is 0 Å². The molecule has 0 amide bonds. The molecule has 1 unspecified atom stereocenters. The lowest BCUT2D eigenvalue weighted by Gasteiger charge is -2.34. The average Bonchev–Trinajstić information content (AvgIpc) is 4.01. The van der Waals surface area contributed by atoms with Gasteiger partial charge >= 0.3 is 0 Å². The highest BCUT2D eigenvalue weighted by molar-refractivity contribution is 5.98. The first-order valence-electron chi connectivity index (χ1n) is 26.9. The van der Waals surface area contributed by atoms with Crippen LogP contribution in [0, 0.1) is 0 Å². The van der Waals surface area contributed by atoms with Crippen molar-refractivity contribution in [3.8, 4) is 44.5 Å². The summed E-state index contributed by atoms with van der Waals surface area (Å²) in [6.45, 7) is 4.35. The summed E-state index contributed by atoms with van der Waals surface area (Å²) in [6.07, 6.45) is 0. The minimum atomic E-state index is -0.887. The summed E-state index contributed by atoms with van der Waals surface area (Å²) in [4.78, 5) is 4.09. The number of benzene rings is 10. The summed E-state index contributed by atoms with van der Waals surface area (Å²) < 4.78 is 82.5. The minimum Gasteiger partial charge on any atom is -0.310 e. The summed E-state index contributed by atoms with van der Waals surface area (Å²) in [5.41, 5.74) is 14.9. The number of anilines is 6. The molecule has 0 saturated carbocycles. The summed E-state index contributed by atoms with van der Waals surface area (Å²) in [7, 11) is 0. The van der Waals surface area contributed by atoms with Crippen molar-refractivity contribution < 1.29 is 12.3 Å². The second kappa shape index (κ2) is 14.7. The van der Waals surface area contributed by atoms with E-state index < -0.39 is 65.2 Å². The zero-order chi connectivity index (χ0) is 51.8. The van der Waals surface area contributed by atoms with E-state index in [4.69, 9.17) is 5.48 Å². The quantitative estimate of drug-likeness (QED) is 0.158. The topological polar surface area (TPSA) is 6.48 Å². The van der Waals surface area contributed by atoms with Crippen molar-refractivity contribution in [3.63, 3.8) is 0 Å². The number of hydrogen-bond acceptors (Lipinski definition) is 2. The van der Waals surface area contributed by atoms with E-state index in [-0.39, 0.29) is 16.8 Å². The summed E-state index contributed by atoms with van der Waals surface area (Å²) in [5, 5.41) is 0. The van der Waals surface area contributed by atoms with Crippen LogP contribution in [0.3, 0.4) is 0 Å². The van der Waals surface area contributed by atoms with Gasteiger partial charge in [0.15, 0.2) is 0 Å². The van der Waals surface area contributed by atoms with Gasteiger partial charge in [0, 0.05) is 39.4 Å². The number of nitrogens with zero attached hydrogens (tertiary/aromatic N) is 2. The summed E-state index contributed by atoms with van der Waals surface area (Å²) >= 11 is 0. The lowest BCUT2D eigenvalue weighted by Crippen LogP contribution is -2.26. The molecule has 2 nitrogen and oxygen atoms in total. The molecule has 3 aliphatic rings. The summed E-state index contributed by atoms with van der Waals surface area (Å²) in [5.74, 6) is 0. The molecule has 13 rings (SSSR count). The Morgan fingerprint density at radius 2 is 0.727 bits per heavy atom. The SMILES string of the molecule is [2H]c1c([2H])c([2H])c(-c2c([2H])c([2H])c([2H])c([2H])c2N(c2ccc3c(c2)C(C)(C)c2ccccc2-3)c2ccc3c(c2)C2(c4ccccc4-c4ccc(N(c5ccccc5)c5ccccc5)cc42)c2ccccc2-3)c([2H])c1[2H]. The van der Waals surface area contributed by atoms with Crippen molar-refractivity contribution >= 4 is 34.1 Å². The van der Waals surface area contributed by atoms with Crippen LogP contribution >= 0.6 is 0 Å². The predicted molar refractivity (Wildman–Crippen MR) is 275 cm³/mol. The van der Waals surface area contributed by atoms with E-state index in [1.807, 2.05) is 65.6 Å². The molecule has 0 N–H and O–H groups in total. The molecule has 1 spiro atoms. The second-order valence-corrected chi connectivity index (χ2v) is 17.8. The van der Waals surface area contributed by atoms with Crippen LogP contribution in [-0.2, 0) is 10.8 Å². The number of fused-ring (bicyclic) bond motifs is 13. The van der Waals surface area contributed by atoms with Crippen molar-refractivity contribution in [2.45, 2.75) is 24.7 Å². The van der Waals surface area contributed by atoms with E-state index in [1.54, 1.807) is 0 Å². The van der Waals surface area contributed by atoms with Gasteiger partial charge in [0.2, 0.25) is 0 Å². The fourth-order valence-electron chi connectivity index (χ4n) is 11.3. The molecule has 10 aromatic rings. The number of hydrogen-bond donors (Lipinski definition) is 0. The molecule has 0 fully saturated rings. The zero-order valence-corrected chi connectivity index (χ0v) is 36.3. The van der Waals surface area contributed by atoms with Gasteiger partial charge in [0.05, 0.1) is 23.4 Å². The Kier molecular flexibility index (Phi) is 6.67. The fourth-order valence-corrected chi connectivity index (χ4v) is 11.3. The Balaban J connectivity index is 1.13. The molecule has 3 aliphatic carbocycles. The van der Waals surface area contributed by atoms with E-state index in [2.05, 4.69) is 146 Å². The molecule has 2 heteroatoms. The van der Waals surface area contributed by atoms with Crippen LogP contribution in [0.2, 0.25) is 0 Å². The van der Waals surface area contributed by atoms with Gasteiger partial charge in [-0.1, -0.05) is 190 Å². The molecule has 0 aromatic heterocycles. The maximum absolute atomic E-state index is 9.91. The van der Waals surface area contributed by atoms with Crippen LogP contribution in [0.5, 0.6) is 0 Å². The molecule has 0 radical (unpaired) electrons. The highest BCUT2D eigenvalue weighted by Crippen LogP contribution is 2.64. The number of para-hydroxylation sites is 3. The molecule has 0 bridgehead atoms. The molecule has 66 heavy (non-hydrogen) atoms. The molecular formula is C64H46N2. The Bertz CT molecular complexity index is 3980. The van der Waals surface area contributed by atoms with Gasteiger partial charge in [-0.05, 0) is 139 Å². The maximum Gasteiger partial charge on any atom is 0.0727 e. The Labute approximate surface area is 400 Å². The van der Waals surface area contributed by atoms with Crippen LogP contribution in [-0.4, -0.2) is 0 Å². The van der Waals surface area contributed by atoms with E-state index in [0.29, 0.717) is 11.4 Å². The number of rotatable bonds is 7. The molecule has 0 saturated heterocycles. The van der Waals surface area contributed by atoms with E-state index in [0.717, 1.165) is 83.8 Å². The van der Waals surface area contributed by atoms with Crippen LogP contribution in [0.1, 0.15) is 59.6 Å². The summed E-state index contributed by atoms with van der Waals surface area (Å²) in [6, 6.07) is 60.0. The molecule has 0 aliphatic heterocycles. The monoisotopic (exact) mass is 851 g/mol. The third kappa shape index (κ3) is 5.48. The van der Waals surface area contributed by atoms with Crippen molar-refractivity contribution in [1.29, 1.82) is 0 Å².